The smallest absolute Gasteiger partial charge is 0.127 e. The molecule has 28 heavy (non-hydrogen) atoms. The van der Waals surface area contributed by atoms with E-state index in [2.05, 4.69) is 59.0 Å². The fraction of sp³-hybridized carbons (Fsp3) is 0.750. The molecule has 0 radical (unpaired) electrons. The van der Waals surface area contributed by atoms with Gasteiger partial charge in [0.2, 0.25) is 0 Å². The molecule has 160 valence electrons. The topological polar surface area (TPSA) is 50.7 Å². The third-order valence-electron chi connectivity index (χ3n) is 5.41. The van der Waals surface area contributed by atoms with Gasteiger partial charge in [0, 0.05) is 23.7 Å². The molecule has 1 saturated carbocycles. The van der Waals surface area contributed by atoms with Crippen LogP contribution in [0.15, 0.2) is 12.1 Å². The van der Waals surface area contributed by atoms with Crippen molar-refractivity contribution in [3.63, 3.8) is 0 Å². The summed E-state index contributed by atoms with van der Waals surface area (Å²) in [5, 5.41) is 14.0. The lowest BCUT2D eigenvalue weighted by Gasteiger charge is -2.31. The van der Waals surface area contributed by atoms with E-state index in [-0.39, 0.29) is 10.8 Å². The van der Waals surface area contributed by atoms with Gasteiger partial charge < -0.3 is 19.9 Å². The van der Waals surface area contributed by atoms with Gasteiger partial charge in [-0.25, -0.2) is 0 Å². The van der Waals surface area contributed by atoms with Crippen LogP contribution in [0, 0.1) is 0 Å². The van der Waals surface area contributed by atoms with Crippen LogP contribution in [0.3, 0.4) is 0 Å². The SMILES string of the molecule is CCOc1cc(C(C)(C)C)c(OCC(O)CNC2CCCC2)c(C(C)(C)C)c1. The Balaban J connectivity index is 2.21. The normalized spacial score (nSPS) is 17.0. The summed E-state index contributed by atoms with van der Waals surface area (Å²) in [4.78, 5) is 0. The minimum absolute atomic E-state index is 0.0878. The standard InChI is InChI=1S/C24H41NO3/c1-8-27-19-13-20(23(2,3)4)22(21(14-19)24(5,6)7)28-16-18(26)15-25-17-11-9-10-12-17/h13-14,17-18,25-26H,8-12,15-16H2,1-7H3. The summed E-state index contributed by atoms with van der Waals surface area (Å²) >= 11 is 0. The Morgan fingerprint density at radius 3 is 2.00 bits per heavy atom. The van der Waals surface area contributed by atoms with Gasteiger partial charge in [-0.1, -0.05) is 54.4 Å². The van der Waals surface area contributed by atoms with E-state index in [1.165, 1.54) is 25.7 Å². The summed E-state index contributed by atoms with van der Waals surface area (Å²) in [6.45, 7) is 16.7. The van der Waals surface area contributed by atoms with E-state index >= 15 is 0 Å². The summed E-state index contributed by atoms with van der Waals surface area (Å²) in [7, 11) is 0. The van der Waals surface area contributed by atoms with Crippen molar-refractivity contribution in [1.82, 2.24) is 5.32 Å². The van der Waals surface area contributed by atoms with Gasteiger partial charge in [-0.05, 0) is 42.7 Å². The number of nitrogens with one attached hydrogen (secondary N) is 1. The minimum atomic E-state index is -0.521. The maximum Gasteiger partial charge on any atom is 0.127 e. The van der Waals surface area contributed by atoms with Crippen molar-refractivity contribution in [2.45, 2.75) is 97.1 Å². The van der Waals surface area contributed by atoms with Gasteiger partial charge in [0.1, 0.15) is 24.2 Å². The molecule has 1 unspecified atom stereocenters. The second-order valence-electron chi connectivity index (χ2n) is 10.1. The van der Waals surface area contributed by atoms with Gasteiger partial charge in [-0.2, -0.15) is 0 Å². The van der Waals surface area contributed by atoms with E-state index in [1.54, 1.807) is 0 Å². The molecule has 1 aliphatic carbocycles. The average Bonchev–Trinajstić information content (AvgIpc) is 3.10. The van der Waals surface area contributed by atoms with E-state index in [1.807, 2.05) is 6.92 Å². The van der Waals surface area contributed by atoms with Crippen LogP contribution in [0.5, 0.6) is 11.5 Å². The minimum Gasteiger partial charge on any atom is -0.494 e. The molecule has 0 saturated heterocycles. The summed E-state index contributed by atoms with van der Waals surface area (Å²) in [5.41, 5.74) is 2.07. The highest BCUT2D eigenvalue weighted by atomic mass is 16.5. The first-order valence-electron chi connectivity index (χ1n) is 10.9. The summed E-state index contributed by atoms with van der Waals surface area (Å²) in [6, 6.07) is 4.74. The summed E-state index contributed by atoms with van der Waals surface area (Å²) in [5.74, 6) is 1.77. The third-order valence-corrected chi connectivity index (χ3v) is 5.41. The number of rotatable bonds is 8. The first kappa shape index (κ1) is 23.0. The molecule has 1 aliphatic rings. The highest BCUT2D eigenvalue weighted by molar-refractivity contribution is 5.53. The van der Waals surface area contributed by atoms with Crippen molar-refractivity contribution in [2.24, 2.45) is 0 Å². The van der Waals surface area contributed by atoms with Gasteiger partial charge in [-0.3, -0.25) is 0 Å². The Morgan fingerprint density at radius 2 is 1.54 bits per heavy atom. The average molecular weight is 392 g/mol. The van der Waals surface area contributed by atoms with Crippen LogP contribution in [0.1, 0.15) is 85.3 Å². The Labute approximate surface area is 172 Å². The molecule has 4 heteroatoms. The van der Waals surface area contributed by atoms with Crippen molar-refractivity contribution < 1.29 is 14.6 Å². The second kappa shape index (κ2) is 9.49. The zero-order valence-corrected chi connectivity index (χ0v) is 19.0. The van der Waals surface area contributed by atoms with Crippen LogP contribution in [-0.4, -0.2) is 37.0 Å². The molecular weight excluding hydrogens is 350 g/mol. The molecule has 0 bridgehead atoms. The summed E-state index contributed by atoms with van der Waals surface area (Å²) in [6.07, 6.45) is 4.50. The zero-order valence-electron chi connectivity index (χ0n) is 19.0. The molecule has 4 nitrogen and oxygen atoms in total. The lowest BCUT2D eigenvalue weighted by atomic mass is 9.79. The van der Waals surface area contributed by atoms with Crippen molar-refractivity contribution in [3.8, 4) is 11.5 Å². The number of hydrogen-bond donors (Lipinski definition) is 2. The van der Waals surface area contributed by atoms with Crippen LogP contribution in [0.2, 0.25) is 0 Å². The molecule has 1 aromatic rings. The van der Waals surface area contributed by atoms with Crippen LogP contribution in [0.25, 0.3) is 0 Å². The first-order chi connectivity index (χ1) is 13.0. The van der Waals surface area contributed by atoms with Gasteiger partial charge >= 0.3 is 0 Å². The highest BCUT2D eigenvalue weighted by Gasteiger charge is 2.29. The molecule has 1 aromatic carbocycles. The second-order valence-corrected chi connectivity index (χ2v) is 10.1. The molecule has 0 spiro atoms. The van der Waals surface area contributed by atoms with Crippen LogP contribution >= 0.6 is 0 Å². The Bertz CT molecular complexity index is 587. The predicted octanol–water partition coefficient (Wildman–Crippen LogP) is 4.95. The van der Waals surface area contributed by atoms with E-state index < -0.39 is 6.10 Å². The number of hydrogen-bond acceptors (Lipinski definition) is 4. The van der Waals surface area contributed by atoms with Crippen molar-refractivity contribution >= 4 is 0 Å². The van der Waals surface area contributed by atoms with E-state index in [0.717, 1.165) is 22.6 Å². The van der Waals surface area contributed by atoms with Crippen LogP contribution in [-0.2, 0) is 10.8 Å². The van der Waals surface area contributed by atoms with Crippen LogP contribution in [0.4, 0.5) is 0 Å². The monoisotopic (exact) mass is 391 g/mol. The quantitative estimate of drug-likeness (QED) is 0.658. The lowest BCUT2D eigenvalue weighted by molar-refractivity contribution is 0.101. The molecule has 2 rings (SSSR count). The fourth-order valence-electron chi connectivity index (χ4n) is 3.79. The maximum absolute atomic E-state index is 10.5. The molecule has 0 aliphatic heterocycles. The highest BCUT2D eigenvalue weighted by Crippen LogP contribution is 2.42. The summed E-state index contributed by atoms with van der Waals surface area (Å²) < 4.78 is 12.1. The van der Waals surface area contributed by atoms with E-state index in [9.17, 15) is 5.11 Å². The number of benzene rings is 1. The molecule has 0 amide bonds. The molecule has 1 fully saturated rings. The lowest BCUT2D eigenvalue weighted by Crippen LogP contribution is -2.37. The number of aliphatic hydroxyl groups is 1. The largest absolute Gasteiger partial charge is 0.494 e. The Hall–Kier alpha value is -1.26. The van der Waals surface area contributed by atoms with Gasteiger partial charge in [0.25, 0.3) is 0 Å². The molecule has 0 heterocycles. The van der Waals surface area contributed by atoms with Crippen molar-refractivity contribution in [2.75, 3.05) is 19.8 Å². The van der Waals surface area contributed by atoms with E-state index in [4.69, 9.17) is 9.47 Å². The zero-order chi connectivity index (χ0) is 20.9. The third kappa shape index (κ3) is 6.38. The number of ether oxygens (including phenoxy) is 2. The maximum atomic E-state index is 10.5. The van der Waals surface area contributed by atoms with E-state index in [0.29, 0.717) is 25.8 Å². The molecule has 1 atom stereocenters. The number of aliphatic hydroxyl groups excluding tert-OH is 1. The molecular formula is C24H41NO3. The Kier molecular flexibility index (Phi) is 7.81. The van der Waals surface area contributed by atoms with Crippen molar-refractivity contribution in [3.05, 3.63) is 23.3 Å². The first-order valence-corrected chi connectivity index (χ1v) is 10.9. The molecule has 2 N–H and O–H groups in total. The van der Waals surface area contributed by atoms with Crippen LogP contribution < -0.4 is 14.8 Å². The van der Waals surface area contributed by atoms with Gasteiger partial charge in [-0.15, -0.1) is 0 Å². The van der Waals surface area contributed by atoms with Gasteiger partial charge in [0.05, 0.1) is 6.61 Å². The predicted molar refractivity (Wildman–Crippen MR) is 117 cm³/mol. The molecule has 0 aromatic heterocycles. The van der Waals surface area contributed by atoms with Gasteiger partial charge in [0.15, 0.2) is 0 Å². The fourth-order valence-corrected chi connectivity index (χ4v) is 3.79. The van der Waals surface area contributed by atoms with Crippen molar-refractivity contribution in [1.29, 1.82) is 0 Å². The Morgan fingerprint density at radius 1 is 1.00 bits per heavy atom.